The Balaban J connectivity index is 1.88. The number of H-pyrrole nitrogens is 1. The summed E-state index contributed by atoms with van der Waals surface area (Å²) >= 11 is 0. The number of aromatic amines is 1. The van der Waals surface area contributed by atoms with Crippen LogP contribution in [0.3, 0.4) is 0 Å². The van der Waals surface area contributed by atoms with E-state index in [0.29, 0.717) is 18.1 Å². The molecule has 0 saturated carbocycles. The highest BCUT2D eigenvalue weighted by atomic mass is 32.2. The molecule has 0 bridgehead atoms. The molecule has 0 radical (unpaired) electrons. The highest BCUT2D eigenvalue weighted by Gasteiger charge is 2.30. The van der Waals surface area contributed by atoms with Crippen LogP contribution in [0.15, 0.2) is 11.2 Å². The Hall–Kier alpha value is -1.74. The molecule has 8 nitrogen and oxygen atoms in total. The molecule has 1 aliphatic heterocycles. The molecule has 22 heavy (non-hydrogen) atoms. The molecule has 1 unspecified atom stereocenters. The van der Waals surface area contributed by atoms with Crippen molar-refractivity contribution < 1.29 is 8.42 Å². The molecule has 1 aliphatic rings. The largest absolute Gasteiger partial charge is 0.332 e. The summed E-state index contributed by atoms with van der Waals surface area (Å²) in [6.07, 6.45) is 2.90. The van der Waals surface area contributed by atoms with Crippen molar-refractivity contribution in [3.63, 3.8) is 0 Å². The molecule has 3 rings (SSSR count). The Bertz CT molecular complexity index is 776. The first kappa shape index (κ1) is 15.2. The van der Waals surface area contributed by atoms with Crippen LogP contribution < -0.4 is 4.72 Å². The van der Waals surface area contributed by atoms with Gasteiger partial charge in [0.1, 0.15) is 11.6 Å². The number of nitrogens with one attached hydrogen (secondary N) is 2. The van der Waals surface area contributed by atoms with Crippen LogP contribution in [-0.2, 0) is 16.6 Å². The minimum Gasteiger partial charge on any atom is -0.332 e. The smallest absolute Gasteiger partial charge is 0.258 e. The summed E-state index contributed by atoms with van der Waals surface area (Å²) in [6, 6.07) is -0.359. The van der Waals surface area contributed by atoms with E-state index in [4.69, 9.17) is 0 Å². The van der Waals surface area contributed by atoms with Gasteiger partial charge in [0, 0.05) is 12.5 Å². The van der Waals surface area contributed by atoms with Crippen LogP contribution in [0.5, 0.6) is 0 Å². The van der Waals surface area contributed by atoms with E-state index in [9.17, 15) is 8.42 Å². The highest BCUT2D eigenvalue weighted by Crippen LogP contribution is 2.26. The molecule has 0 aromatic carbocycles. The number of fused-ring (bicyclic) bond motifs is 1. The number of imidazole rings is 1. The van der Waals surface area contributed by atoms with Gasteiger partial charge in [-0.25, -0.2) is 23.1 Å². The first-order chi connectivity index (χ1) is 10.4. The van der Waals surface area contributed by atoms with Gasteiger partial charge in [-0.15, -0.1) is 0 Å². The van der Waals surface area contributed by atoms with Crippen molar-refractivity contribution in [3.8, 4) is 0 Å². The van der Waals surface area contributed by atoms with Crippen LogP contribution >= 0.6 is 0 Å². The molecule has 1 atom stereocenters. The average molecular weight is 324 g/mol. The lowest BCUT2D eigenvalue weighted by molar-refractivity contribution is 0.399. The number of rotatable bonds is 4. The van der Waals surface area contributed by atoms with E-state index in [0.717, 1.165) is 18.8 Å². The second-order valence-electron chi connectivity index (χ2n) is 5.86. The van der Waals surface area contributed by atoms with E-state index < -0.39 is 10.0 Å². The van der Waals surface area contributed by atoms with Gasteiger partial charge in [-0.05, 0) is 19.8 Å². The van der Waals surface area contributed by atoms with E-state index in [2.05, 4.69) is 24.8 Å². The predicted molar refractivity (Wildman–Crippen MR) is 79.7 cm³/mol. The predicted octanol–water partition coefficient (Wildman–Crippen LogP) is 1.25. The maximum atomic E-state index is 12.4. The van der Waals surface area contributed by atoms with Gasteiger partial charge in [0.15, 0.2) is 10.9 Å². The van der Waals surface area contributed by atoms with Gasteiger partial charge in [0.05, 0.1) is 12.2 Å². The monoisotopic (exact) mass is 324 g/mol. The Morgan fingerprint density at radius 1 is 1.45 bits per heavy atom. The van der Waals surface area contributed by atoms with E-state index in [1.807, 2.05) is 18.5 Å². The molecule has 9 heteroatoms. The summed E-state index contributed by atoms with van der Waals surface area (Å²) in [4.78, 5) is 11.2. The van der Waals surface area contributed by atoms with Crippen LogP contribution in [0.4, 0.5) is 0 Å². The first-order valence-corrected chi connectivity index (χ1v) is 8.83. The lowest BCUT2D eigenvalue weighted by atomic mass is 10.1. The van der Waals surface area contributed by atoms with Crippen molar-refractivity contribution in [1.29, 1.82) is 0 Å². The molecule has 120 valence electrons. The van der Waals surface area contributed by atoms with Crippen molar-refractivity contribution in [2.75, 3.05) is 0 Å². The minimum atomic E-state index is -3.64. The van der Waals surface area contributed by atoms with Gasteiger partial charge >= 0.3 is 0 Å². The quantitative estimate of drug-likeness (QED) is 0.880. The van der Waals surface area contributed by atoms with E-state index >= 15 is 0 Å². The number of aromatic nitrogens is 5. The van der Waals surface area contributed by atoms with Gasteiger partial charge in [0.25, 0.3) is 10.0 Å². The maximum Gasteiger partial charge on any atom is 0.258 e. The third-order valence-electron chi connectivity index (χ3n) is 3.67. The number of sulfonamides is 1. The fraction of sp³-hybridized carbons (Fsp3) is 0.615. The van der Waals surface area contributed by atoms with Gasteiger partial charge in [0.2, 0.25) is 0 Å². The van der Waals surface area contributed by atoms with Crippen LogP contribution in [-0.4, -0.2) is 33.2 Å². The summed E-state index contributed by atoms with van der Waals surface area (Å²) in [5.74, 6) is 2.22. The molecule has 0 saturated heterocycles. The summed E-state index contributed by atoms with van der Waals surface area (Å²) in [5.41, 5.74) is 0. The van der Waals surface area contributed by atoms with Gasteiger partial charge in [-0.3, -0.25) is 0 Å². The van der Waals surface area contributed by atoms with Crippen molar-refractivity contribution >= 4 is 10.0 Å². The number of hydrogen-bond donors (Lipinski definition) is 2. The van der Waals surface area contributed by atoms with Crippen molar-refractivity contribution in [1.82, 2.24) is 29.5 Å². The maximum absolute atomic E-state index is 12.4. The fourth-order valence-electron chi connectivity index (χ4n) is 2.51. The van der Waals surface area contributed by atoms with E-state index in [1.165, 1.54) is 6.20 Å². The molecule has 0 amide bonds. The standard InChI is InChI=1S/C13H20N6O2S/c1-8(2)12-16-13-10(5-4-6-19(13)17-12)18-22(20,21)11-7-14-9(3)15-11/h7-8,10,18H,4-6H2,1-3H3,(H,14,15). The number of hydrogen-bond acceptors (Lipinski definition) is 5. The topological polar surface area (TPSA) is 106 Å². The molecule has 0 fully saturated rings. The first-order valence-electron chi connectivity index (χ1n) is 7.35. The summed E-state index contributed by atoms with van der Waals surface area (Å²) in [6.45, 7) is 6.53. The molecular weight excluding hydrogens is 304 g/mol. The van der Waals surface area contributed by atoms with Crippen molar-refractivity contribution in [2.24, 2.45) is 0 Å². The van der Waals surface area contributed by atoms with Crippen molar-refractivity contribution in [2.45, 2.75) is 57.1 Å². The SMILES string of the molecule is Cc1ncc(S(=O)(=O)NC2CCCn3nc(C(C)C)nc32)[nH]1. The van der Waals surface area contributed by atoms with Crippen LogP contribution in [0.25, 0.3) is 0 Å². The Morgan fingerprint density at radius 2 is 2.23 bits per heavy atom. The second-order valence-corrected chi connectivity index (χ2v) is 7.54. The molecule has 2 aromatic rings. The average Bonchev–Trinajstić information content (AvgIpc) is 3.05. The molecule has 2 aromatic heterocycles. The second kappa shape index (κ2) is 5.47. The number of nitrogens with zero attached hydrogens (tertiary/aromatic N) is 4. The van der Waals surface area contributed by atoms with Gasteiger partial charge < -0.3 is 4.98 Å². The minimum absolute atomic E-state index is 0.0747. The summed E-state index contributed by atoms with van der Waals surface area (Å²) < 4.78 is 29.4. The molecule has 3 heterocycles. The van der Waals surface area contributed by atoms with Crippen LogP contribution in [0.2, 0.25) is 0 Å². The zero-order valence-corrected chi connectivity index (χ0v) is 13.7. The zero-order valence-electron chi connectivity index (χ0n) is 12.9. The zero-order chi connectivity index (χ0) is 15.9. The third kappa shape index (κ3) is 2.78. The van der Waals surface area contributed by atoms with Crippen LogP contribution in [0.1, 0.15) is 56.1 Å². The lowest BCUT2D eigenvalue weighted by Gasteiger charge is -2.22. The Kier molecular flexibility index (Phi) is 3.77. The molecule has 0 aliphatic carbocycles. The highest BCUT2D eigenvalue weighted by molar-refractivity contribution is 7.89. The van der Waals surface area contributed by atoms with E-state index in [1.54, 1.807) is 6.92 Å². The Morgan fingerprint density at radius 3 is 2.86 bits per heavy atom. The molecule has 0 spiro atoms. The van der Waals surface area contributed by atoms with Crippen LogP contribution in [0, 0.1) is 6.92 Å². The van der Waals surface area contributed by atoms with Gasteiger partial charge in [-0.2, -0.15) is 9.82 Å². The third-order valence-corrected chi connectivity index (χ3v) is 5.06. The number of aryl methyl sites for hydroxylation is 2. The van der Waals surface area contributed by atoms with E-state index in [-0.39, 0.29) is 17.0 Å². The molecular formula is C13H20N6O2S. The van der Waals surface area contributed by atoms with Gasteiger partial charge in [-0.1, -0.05) is 13.8 Å². The normalized spacial score (nSPS) is 18.6. The fourth-order valence-corrected chi connectivity index (χ4v) is 3.71. The van der Waals surface area contributed by atoms with Crippen molar-refractivity contribution in [3.05, 3.63) is 23.7 Å². The molecule has 2 N–H and O–H groups in total. The lowest BCUT2D eigenvalue weighted by Crippen LogP contribution is -2.33. The Labute approximate surface area is 129 Å². The summed E-state index contributed by atoms with van der Waals surface area (Å²) in [7, 11) is -3.64. The summed E-state index contributed by atoms with van der Waals surface area (Å²) in [5, 5.41) is 4.53.